The molecule has 0 saturated carbocycles. The molecule has 174 valence electrons. The molecule has 9 heteroatoms. The van der Waals surface area contributed by atoms with E-state index < -0.39 is 24.3 Å². The highest BCUT2D eigenvalue weighted by molar-refractivity contribution is 5.98. The third-order valence-electron chi connectivity index (χ3n) is 5.77. The summed E-state index contributed by atoms with van der Waals surface area (Å²) in [6, 6.07) is 11.8. The second-order valence-electron chi connectivity index (χ2n) is 8.03. The van der Waals surface area contributed by atoms with Crippen LogP contribution in [0.1, 0.15) is 41.9 Å². The Morgan fingerprint density at radius 3 is 2.71 bits per heavy atom. The fourth-order valence-corrected chi connectivity index (χ4v) is 4.01. The molecule has 4 rings (SSSR count). The zero-order chi connectivity index (χ0) is 24.1. The summed E-state index contributed by atoms with van der Waals surface area (Å²) in [5.41, 5.74) is 0.871. The van der Waals surface area contributed by atoms with Crippen LogP contribution in [0, 0.1) is 17.1 Å². The molecule has 0 saturated heterocycles. The summed E-state index contributed by atoms with van der Waals surface area (Å²) in [6.45, 7) is 0.160. The number of nitrogens with zero attached hydrogens (tertiary/aromatic N) is 4. The van der Waals surface area contributed by atoms with E-state index in [-0.39, 0.29) is 24.1 Å². The summed E-state index contributed by atoms with van der Waals surface area (Å²) in [6.07, 6.45) is 3.69. The first kappa shape index (κ1) is 23.1. The lowest BCUT2D eigenvalue weighted by Crippen LogP contribution is -2.35. The maximum atomic E-state index is 13.2. The molecule has 0 N–H and O–H groups in total. The number of hydrogen-bond donors (Lipinski definition) is 0. The van der Waals surface area contributed by atoms with E-state index in [0.717, 1.165) is 19.3 Å². The fraction of sp³-hybridized carbons (Fsp3) is 0.320. The first-order valence-electron chi connectivity index (χ1n) is 11.1. The third-order valence-corrected chi connectivity index (χ3v) is 5.77. The Kier molecular flexibility index (Phi) is 6.97. The molecule has 0 atom stereocenters. The molecular formula is C25H23FN4O4. The van der Waals surface area contributed by atoms with Crippen molar-refractivity contribution in [1.82, 2.24) is 9.55 Å². The molecule has 0 aliphatic carbocycles. The maximum Gasteiger partial charge on any atom is 0.338 e. The molecule has 1 aliphatic rings. The highest BCUT2D eigenvalue weighted by Crippen LogP contribution is 2.18. The zero-order valence-electron chi connectivity index (χ0n) is 18.5. The minimum absolute atomic E-state index is 0.0628. The molecule has 1 aliphatic heterocycles. The van der Waals surface area contributed by atoms with Crippen LogP contribution >= 0.6 is 0 Å². The van der Waals surface area contributed by atoms with Crippen molar-refractivity contribution in [3.05, 3.63) is 70.0 Å². The number of amides is 1. The van der Waals surface area contributed by atoms with Crippen LogP contribution in [0.15, 0.2) is 47.3 Å². The van der Waals surface area contributed by atoms with Crippen molar-refractivity contribution in [3.8, 4) is 6.07 Å². The number of anilines is 1. The van der Waals surface area contributed by atoms with Gasteiger partial charge in [-0.25, -0.2) is 14.2 Å². The van der Waals surface area contributed by atoms with Gasteiger partial charge in [0.15, 0.2) is 6.61 Å². The summed E-state index contributed by atoms with van der Waals surface area (Å²) in [7, 11) is 0. The van der Waals surface area contributed by atoms with E-state index >= 15 is 0 Å². The second-order valence-corrected chi connectivity index (χ2v) is 8.03. The van der Waals surface area contributed by atoms with Crippen LogP contribution in [0.5, 0.6) is 0 Å². The molecule has 8 nitrogen and oxygen atoms in total. The van der Waals surface area contributed by atoms with Crippen LogP contribution in [-0.4, -0.2) is 34.6 Å². The van der Waals surface area contributed by atoms with Crippen LogP contribution in [0.4, 0.5) is 10.1 Å². The van der Waals surface area contributed by atoms with Crippen LogP contribution in [0.3, 0.4) is 0 Å². The summed E-state index contributed by atoms with van der Waals surface area (Å²) in [4.78, 5) is 44.1. The van der Waals surface area contributed by atoms with Gasteiger partial charge in [-0.2, -0.15) is 5.26 Å². The maximum absolute atomic E-state index is 13.2. The van der Waals surface area contributed by atoms with Gasteiger partial charge in [-0.05, 0) is 55.3 Å². The molecule has 0 unspecified atom stereocenters. The number of benzene rings is 2. The minimum atomic E-state index is -0.730. The Balaban J connectivity index is 1.50. The first-order chi connectivity index (χ1) is 16.5. The predicted octanol–water partition coefficient (Wildman–Crippen LogP) is 3.37. The number of carbonyl (C=O) groups excluding carboxylic acids is 2. The van der Waals surface area contributed by atoms with E-state index in [1.807, 2.05) is 6.07 Å². The molecule has 1 aromatic heterocycles. The summed E-state index contributed by atoms with van der Waals surface area (Å²) < 4.78 is 20.2. The van der Waals surface area contributed by atoms with E-state index in [1.165, 1.54) is 41.3 Å². The number of aromatic nitrogens is 2. The zero-order valence-corrected chi connectivity index (χ0v) is 18.5. The lowest BCUT2D eigenvalue weighted by atomic mass is 10.1. The number of rotatable bonds is 6. The molecule has 0 spiro atoms. The van der Waals surface area contributed by atoms with E-state index in [9.17, 15) is 18.8 Å². The van der Waals surface area contributed by atoms with Crippen LogP contribution in [-0.2, 0) is 22.5 Å². The van der Waals surface area contributed by atoms with E-state index in [0.29, 0.717) is 35.4 Å². The normalized spacial score (nSPS) is 12.9. The summed E-state index contributed by atoms with van der Waals surface area (Å²) >= 11 is 0. The largest absolute Gasteiger partial charge is 0.452 e. The Morgan fingerprint density at radius 2 is 1.94 bits per heavy atom. The first-order valence-corrected chi connectivity index (χ1v) is 11.1. The van der Waals surface area contributed by atoms with Crippen molar-refractivity contribution in [2.24, 2.45) is 0 Å². The monoisotopic (exact) mass is 462 g/mol. The van der Waals surface area contributed by atoms with Gasteiger partial charge in [0.2, 0.25) is 0 Å². The molecule has 34 heavy (non-hydrogen) atoms. The molecule has 0 radical (unpaired) electrons. The Bertz CT molecular complexity index is 1330. The highest BCUT2D eigenvalue weighted by atomic mass is 19.1. The van der Waals surface area contributed by atoms with Gasteiger partial charge < -0.3 is 9.64 Å². The molecule has 3 aromatic rings. The van der Waals surface area contributed by atoms with Crippen molar-refractivity contribution >= 4 is 28.5 Å². The van der Waals surface area contributed by atoms with Crippen molar-refractivity contribution in [3.63, 3.8) is 0 Å². The van der Waals surface area contributed by atoms with Crippen molar-refractivity contribution in [2.75, 3.05) is 18.1 Å². The average Bonchev–Trinajstić information content (AvgIpc) is 3.09. The third kappa shape index (κ3) is 4.96. The number of halogens is 1. The van der Waals surface area contributed by atoms with Crippen molar-refractivity contribution in [2.45, 2.75) is 38.6 Å². The van der Waals surface area contributed by atoms with Gasteiger partial charge in [0.05, 0.1) is 29.0 Å². The smallest absolute Gasteiger partial charge is 0.338 e. The van der Waals surface area contributed by atoms with Crippen LogP contribution in [0.2, 0.25) is 0 Å². The number of esters is 1. The average molecular weight is 462 g/mol. The van der Waals surface area contributed by atoms with Gasteiger partial charge in [0.25, 0.3) is 11.5 Å². The van der Waals surface area contributed by atoms with Crippen LogP contribution < -0.4 is 10.5 Å². The lowest BCUT2D eigenvalue weighted by molar-refractivity contribution is -0.121. The number of fused-ring (bicyclic) bond motifs is 2. The predicted molar refractivity (Wildman–Crippen MR) is 123 cm³/mol. The quantitative estimate of drug-likeness (QED) is 0.520. The fourth-order valence-electron chi connectivity index (χ4n) is 4.01. The molecular weight excluding hydrogens is 439 g/mol. The second kappa shape index (κ2) is 10.3. The SMILES string of the molecule is N#CCCN(C(=O)COC(=O)c1ccc2c(=O)n3c(nc2c1)CCCCC3)c1ccc(F)cc1. The van der Waals surface area contributed by atoms with Gasteiger partial charge in [-0.15, -0.1) is 0 Å². The molecule has 0 fully saturated rings. The Hall–Kier alpha value is -4.06. The van der Waals surface area contributed by atoms with Crippen LogP contribution in [0.25, 0.3) is 10.9 Å². The number of ether oxygens (including phenoxy) is 1. The van der Waals surface area contributed by atoms with E-state index in [4.69, 9.17) is 10.00 Å². The van der Waals surface area contributed by atoms with Crippen molar-refractivity contribution < 1.29 is 18.7 Å². The molecule has 2 heterocycles. The minimum Gasteiger partial charge on any atom is -0.452 e. The van der Waals surface area contributed by atoms with Crippen molar-refractivity contribution in [1.29, 1.82) is 5.26 Å². The number of aryl methyl sites for hydroxylation is 1. The van der Waals surface area contributed by atoms with Gasteiger partial charge in [-0.1, -0.05) is 6.42 Å². The number of hydrogen-bond acceptors (Lipinski definition) is 6. The number of nitriles is 1. The summed E-state index contributed by atoms with van der Waals surface area (Å²) in [5.74, 6) is -1.02. The molecule has 0 bridgehead atoms. The van der Waals surface area contributed by atoms with Gasteiger partial charge in [-0.3, -0.25) is 14.2 Å². The Morgan fingerprint density at radius 1 is 1.15 bits per heavy atom. The van der Waals surface area contributed by atoms with E-state index in [2.05, 4.69) is 4.98 Å². The van der Waals surface area contributed by atoms with Gasteiger partial charge in [0.1, 0.15) is 11.6 Å². The van der Waals surface area contributed by atoms with Gasteiger partial charge >= 0.3 is 5.97 Å². The topological polar surface area (TPSA) is 105 Å². The summed E-state index contributed by atoms with van der Waals surface area (Å²) in [5, 5.41) is 9.32. The molecule has 1 amide bonds. The Labute approximate surface area is 195 Å². The lowest BCUT2D eigenvalue weighted by Gasteiger charge is -2.21. The number of carbonyl (C=O) groups is 2. The standard InChI is InChI=1S/C25H23FN4O4/c26-18-7-9-19(10-8-18)29(14-4-12-27)23(31)16-34-25(33)17-6-11-20-21(15-17)28-22-5-2-1-3-13-30(22)24(20)32/h6-11,15H,1-5,13-14,16H2. The highest BCUT2D eigenvalue weighted by Gasteiger charge is 2.20. The van der Waals surface area contributed by atoms with E-state index in [1.54, 1.807) is 10.6 Å². The molecule has 2 aromatic carbocycles. The van der Waals surface area contributed by atoms with Gasteiger partial charge in [0, 0.05) is 25.2 Å².